The Kier molecular flexibility index (Phi) is 8.50. The third-order valence-electron chi connectivity index (χ3n) is 5.60. The van der Waals surface area contributed by atoms with Gasteiger partial charge in [0.25, 0.3) is 5.91 Å². The zero-order chi connectivity index (χ0) is 21.4. The van der Waals surface area contributed by atoms with Gasteiger partial charge in [-0.25, -0.2) is 13.1 Å². The van der Waals surface area contributed by atoms with Crippen LogP contribution in [-0.4, -0.2) is 71.3 Å². The van der Waals surface area contributed by atoms with Gasteiger partial charge < -0.3 is 14.8 Å². The van der Waals surface area contributed by atoms with E-state index in [0.29, 0.717) is 17.9 Å². The van der Waals surface area contributed by atoms with E-state index in [1.807, 2.05) is 0 Å². The normalized spacial score (nSPS) is 18.8. The lowest BCUT2D eigenvalue weighted by molar-refractivity contribution is -0.123. The fourth-order valence-corrected chi connectivity index (χ4v) is 5.22. The van der Waals surface area contributed by atoms with Gasteiger partial charge in [0.2, 0.25) is 10.0 Å². The Morgan fingerprint density at radius 2 is 1.93 bits per heavy atom. The van der Waals surface area contributed by atoms with Crippen LogP contribution in [0.3, 0.4) is 0 Å². The summed E-state index contributed by atoms with van der Waals surface area (Å²) in [7, 11) is -3.55. The summed E-state index contributed by atoms with van der Waals surface area (Å²) >= 11 is 0. The first kappa shape index (κ1) is 23.0. The number of ether oxygens (including phenoxy) is 2. The maximum Gasteiger partial charge on any atom is 0.257 e. The number of benzene rings is 1. The average Bonchev–Trinajstić information content (AvgIpc) is 2.74. The van der Waals surface area contributed by atoms with Crippen molar-refractivity contribution < 1.29 is 22.7 Å². The molecule has 1 aliphatic heterocycles. The standard InChI is InChI=1S/C21H33N3O5S/c1-17-15-19(30(26,27)23-18-5-3-2-4-6-18)7-8-20(17)29-16-21(25)22-9-10-24-11-13-28-14-12-24/h7-8,15,18,23H,2-6,9-14,16H2,1H3,(H,22,25). The number of carbonyl (C=O) groups is 1. The molecule has 1 amide bonds. The smallest absolute Gasteiger partial charge is 0.257 e. The van der Waals surface area contributed by atoms with Crippen molar-refractivity contribution in [2.24, 2.45) is 0 Å². The minimum Gasteiger partial charge on any atom is -0.484 e. The summed E-state index contributed by atoms with van der Waals surface area (Å²) in [6.45, 7) is 6.27. The summed E-state index contributed by atoms with van der Waals surface area (Å²) in [5, 5.41) is 2.85. The monoisotopic (exact) mass is 439 g/mol. The van der Waals surface area contributed by atoms with Gasteiger partial charge in [0.05, 0.1) is 18.1 Å². The Bertz CT molecular complexity index is 803. The van der Waals surface area contributed by atoms with Gasteiger partial charge in [-0.05, 0) is 43.5 Å². The van der Waals surface area contributed by atoms with Crippen LogP contribution in [0.25, 0.3) is 0 Å². The minimum absolute atomic E-state index is 0.0149. The molecule has 8 nitrogen and oxygen atoms in total. The van der Waals surface area contributed by atoms with E-state index in [2.05, 4.69) is 14.9 Å². The zero-order valence-electron chi connectivity index (χ0n) is 17.7. The van der Waals surface area contributed by atoms with Gasteiger partial charge in [-0.3, -0.25) is 9.69 Å². The van der Waals surface area contributed by atoms with Gasteiger partial charge in [-0.2, -0.15) is 0 Å². The van der Waals surface area contributed by atoms with Crippen LogP contribution >= 0.6 is 0 Å². The molecule has 1 heterocycles. The first-order valence-electron chi connectivity index (χ1n) is 10.8. The summed E-state index contributed by atoms with van der Waals surface area (Å²) in [6.07, 6.45) is 5.07. The van der Waals surface area contributed by atoms with Crippen molar-refractivity contribution in [2.75, 3.05) is 46.0 Å². The van der Waals surface area contributed by atoms with Crippen LogP contribution in [0.2, 0.25) is 0 Å². The van der Waals surface area contributed by atoms with E-state index in [9.17, 15) is 13.2 Å². The summed E-state index contributed by atoms with van der Waals surface area (Å²) in [4.78, 5) is 14.5. The van der Waals surface area contributed by atoms with E-state index in [4.69, 9.17) is 9.47 Å². The maximum absolute atomic E-state index is 12.7. The van der Waals surface area contributed by atoms with E-state index in [0.717, 1.165) is 58.5 Å². The van der Waals surface area contributed by atoms with E-state index in [1.165, 1.54) is 12.5 Å². The van der Waals surface area contributed by atoms with Crippen molar-refractivity contribution in [3.8, 4) is 5.75 Å². The molecule has 3 rings (SSSR count). The highest BCUT2D eigenvalue weighted by Gasteiger charge is 2.22. The molecule has 1 aromatic carbocycles. The fraction of sp³-hybridized carbons (Fsp3) is 0.667. The SMILES string of the molecule is Cc1cc(S(=O)(=O)NC2CCCCC2)ccc1OCC(=O)NCCN1CCOCC1. The number of rotatable bonds is 9. The van der Waals surface area contributed by atoms with E-state index < -0.39 is 10.0 Å². The van der Waals surface area contributed by atoms with Crippen LogP contribution in [0.5, 0.6) is 5.75 Å². The number of hydrogen-bond donors (Lipinski definition) is 2. The molecule has 0 atom stereocenters. The van der Waals surface area contributed by atoms with Gasteiger partial charge in [-0.15, -0.1) is 0 Å². The van der Waals surface area contributed by atoms with Crippen LogP contribution < -0.4 is 14.8 Å². The maximum atomic E-state index is 12.7. The Hall–Kier alpha value is -1.68. The number of nitrogens with zero attached hydrogens (tertiary/aromatic N) is 1. The minimum atomic E-state index is -3.55. The quantitative estimate of drug-likeness (QED) is 0.604. The number of amides is 1. The second kappa shape index (κ2) is 11.1. The number of sulfonamides is 1. The molecule has 1 saturated heterocycles. The third kappa shape index (κ3) is 6.94. The highest BCUT2D eigenvalue weighted by molar-refractivity contribution is 7.89. The lowest BCUT2D eigenvalue weighted by Crippen LogP contribution is -2.42. The second-order valence-corrected chi connectivity index (χ2v) is 9.69. The van der Waals surface area contributed by atoms with Crippen LogP contribution in [0.4, 0.5) is 0 Å². The number of morpholine rings is 1. The number of carbonyl (C=O) groups excluding carboxylic acids is 1. The van der Waals surface area contributed by atoms with Crippen molar-refractivity contribution in [3.63, 3.8) is 0 Å². The first-order chi connectivity index (χ1) is 14.4. The van der Waals surface area contributed by atoms with Crippen LogP contribution in [0.15, 0.2) is 23.1 Å². The highest BCUT2D eigenvalue weighted by atomic mass is 32.2. The molecule has 0 bridgehead atoms. The molecule has 0 unspecified atom stereocenters. The van der Waals surface area contributed by atoms with Gasteiger partial charge in [-0.1, -0.05) is 19.3 Å². The van der Waals surface area contributed by atoms with Gasteiger partial charge in [0.1, 0.15) is 5.75 Å². The van der Waals surface area contributed by atoms with Crippen molar-refractivity contribution in [2.45, 2.75) is 50.0 Å². The summed E-state index contributed by atoms with van der Waals surface area (Å²) in [5.74, 6) is 0.313. The first-order valence-corrected chi connectivity index (χ1v) is 12.2. The van der Waals surface area contributed by atoms with Gasteiger partial charge >= 0.3 is 0 Å². The summed E-state index contributed by atoms with van der Waals surface area (Å²) in [5.41, 5.74) is 0.683. The molecule has 0 aromatic heterocycles. The Morgan fingerprint density at radius 3 is 2.63 bits per heavy atom. The van der Waals surface area contributed by atoms with Crippen LogP contribution in [0.1, 0.15) is 37.7 Å². The lowest BCUT2D eigenvalue weighted by atomic mass is 9.96. The summed E-state index contributed by atoms with van der Waals surface area (Å²) < 4.78 is 39.0. The van der Waals surface area contributed by atoms with Crippen LogP contribution in [-0.2, 0) is 19.6 Å². The molecule has 2 aliphatic rings. The van der Waals surface area contributed by atoms with E-state index in [-0.39, 0.29) is 23.5 Å². The third-order valence-corrected chi connectivity index (χ3v) is 7.11. The van der Waals surface area contributed by atoms with E-state index >= 15 is 0 Å². The fourth-order valence-electron chi connectivity index (χ4n) is 3.83. The summed E-state index contributed by atoms with van der Waals surface area (Å²) in [6, 6.07) is 4.76. The molecule has 30 heavy (non-hydrogen) atoms. The molecule has 9 heteroatoms. The van der Waals surface area contributed by atoms with Crippen LogP contribution in [0, 0.1) is 6.92 Å². The predicted octanol–water partition coefficient (Wildman–Crippen LogP) is 1.43. The second-order valence-electron chi connectivity index (χ2n) is 7.98. The number of hydrogen-bond acceptors (Lipinski definition) is 6. The molecule has 168 valence electrons. The highest BCUT2D eigenvalue weighted by Crippen LogP contribution is 2.24. The zero-order valence-corrected chi connectivity index (χ0v) is 18.5. The lowest BCUT2D eigenvalue weighted by Gasteiger charge is -2.26. The Balaban J connectivity index is 1.45. The molecule has 1 aromatic rings. The molecule has 1 saturated carbocycles. The molecular formula is C21H33N3O5S. The average molecular weight is 440 g/mol. The largest absolute Gasteiger partial charge is 0.484 e. The molecule has 2 N–H and O–H groups in total. The number of aryl methyl sites for hydroxylation is 1. The molecule has 0 spiro atoms. The van der Waals surface area contributed by atoms with Gasteiger partial charge in [0, 0.05) is 32.2 Å². The van der Waals surface area contributed by atoms with Crippen molar-refractivity contribution >= 4 is 15.9 Å². The molecular weight excluding hydrogens is 406 g/mol. The Labute approximate surface area is 179 Å². The molecule has 0 radical (unpaired) electrons. The van der Waals surface area contributed by atoms with Crippen molar-refractivity contribution in [3.05, 3.63) is 23.8 Å². The molecule has 1 aliphatic carbocycles. The van der Waals surface area contributed by atoms with E-state index in [1.54, 1.807) is 19.1 Å². The Morgan fingerprint density at radius 1 is 1.20 bits per heavy atom. The van der Waals surface area contributed by atoms with Crippen molar-refractivity contribution in [1.29, 1.82) is 0 Å². The topological polar surface area (TPSA) is 97.0 Å². The predicted molar refractivity (Wildman–Crippen MR) is 114 cm³/mol. The van der Waals surface area contributed by atoms with Crippen molar-refractivity contribution in [1.82, 2.24) is 14.9 Å². The number of nitrogens with one attached hydrogen (secondary N) is 2. The van der Waals surface area contributed by atoms with Gasteiger partial charge in [0.15, 0.2) is 6.61 Å². The molecule has 2 fully saturated rings.